The topological polar surface area (TPSA) is 64.3 Å². The third-order valence-corrected chi connectivity index (χ3v) is 3.26. The number of aliphatic hydroxyl groups excluding tert-OH is 1. The number of rotatable bonds is 4. The molecule has 1 aromatic heterocycles. The number of methoxy groups -OCH3 is 1. The molecule has 2 aromatic rings. The van der Waals surface area contributed by atoms with Crippen LogP contribution < -0.4 is 10.3 Å². The standard InChI is InChI=1S/C14H15ClN2O3/c1-3-17-14(19)10(8-18)7-12(16-17)9-4-5-13(20-2)11(15)6-9/h4-7,18H,3,8H2,1-2H3. The first kappa shape index (κ1) is 14.6. The summed E-state index contributed by atoms with van der Waals surface area (Å²) in [4.78, 5) is 11.9. The molecule has 1 aromatic carbocycles. The number of ether oxygens (including phenoxy) is 1. The fourth-order valence-electron chi connectivity index (χ4n) is 1.89. The third kappa shape index (κ3) is 2.69. The quantitative estimate of drug-likeness (QED) is 0.938. The van der Waals surface area contributed by atoms with Crippen LogP contribution in [0.5, 0.6) is 5.75 Å². The molecule has 0 aliphatic carbocycles. The third-order valence-electron chi connectivity index (χ3n) is 2.97. The number of hydrogen-bond acceptors (Lipinski definition) is 4. The highest BCUT2D eigenvalue weighted by atomic mass is 35.5. The highest BCUT2D eigenvalue weighted by Gasteiger charge is 2.10. The first-order valence-corrected chi connectivity index (χ1v) is 6.54. The molecule has 0 saturated heterocycles. The Labute approximate surface area is 121 Å². The van der Waals surface area contributed by atoms with E-state index in [-0.39, 0.29) is 12.2 Å². The summed E-state index contributed by atoms with van der Waals surface area (Å²) in [6, 6.07) is 6.83. The van der Waals surface area contributed by atoms with E-state index in [0.29, 0.717) is 28.6 Å². The molecule has 0 spiro atoms. The largest absolute Gasteiger partial charge is 0.495 e. The van der Waals surface area contributed by atoms with E-state index in [1.807, 2.05) is 6.92 Å². The molecule has 0 bridgehead atoms. The van der Waals surface area contributed by atoms with Crippen LogP contribution in [0.4, 0.5) is 0 Å². The minimum atomic E-state index is -0.321. The predicted octanol–water partition coefficient (Wildman–Crippen LogP) is 2.08. The molecule has 1 N–H and O–H groups in total. The van der Waals surface area contributed by atoms with Gasteiger partial charge in [-0.25, -0.2) is 4.68 Å². The number of benzene rings is 1. The minimum absolute atomic E-state index is 0.279. The number of aliphatic hydroxyl groups is 1. The molecule has 0 aliphatic heterocycles. The average Bonchev–Trinajstić information content (AvgIpc) is 2.47. The Morgan fingerprint density at radius 3 is 2.70 bits per heavy atom. The van der Waals surface area contributed by atoms with Gasteiger partial charge in [0.2, 0.25) is 0 Å². The fourth-order valence-corrected chi connectivity index (χ4v) is 2.15. The second kappa shape index (κ2) is 6.07. The molecule has 6 heteroatoms. The summed E-state index contributed by atoms with van der Waals surface area (Å²) in [7, 11) is 1.54. The Bertz CT molecular complexity index is 654. The molecule has 20 heavy (non-hydrogen) atoms. The number of aromatic nitrogens is 2. The Hall–Kier alpha value is -1.85. The van der Waals surface area contributed by atoms with Crippen LogP contribution in [-0.2, 0) is 13.2 Å². The van der Waals surface area contributed by atoms with E-state index in [0.717, 1.165) is 5.56 Å². The van der Waals surface area contributed by atoms with Gasteiger partial charge in [0.05, 0.1) is 24.4 Å². The van der Waals surface area contributed by atoms with Gasteiger partial charge in [-0.15, -0.1) is 0 Å². The molecule has 0 unspecified atom stereocenters. The Morgan fingerprint density at radius 1 is 1.40 bits per heavy atom. The van der Waals surface area contributed by atoms with Crippen molar-refractivity contribution in [3.63, 3.8) is 0 Å². The van der Waals surface area contributed by atoms with Crippen LogP contribution in [0.3, 0.4) is 0 Å². The van der Waals surface area contributed by atoms with Crippen LogP contribution in [-0.4, -0.2) is 22.0 Å². The van der Waals surface area contributed by atoms with Crippen molar-refractivity contribution in [3.05, 3.63) is 45.2 Å². The molecule has 1 heterocycles. The lowest BCUT2D eigenvalue weighted by atomic mass is 10.1. The molecule has 0 aliphatic rings. The van der Waals surface area contributed by atoms with E-state index in [2.05, 4.69) is 5.10 Å². The number of halogens is 1. The summed E-state index contributed by atoms with van der Waals surface area (Å²) in [5.41, 5.74) is 1.37. The van der Waals surface area contributed by atoms with Gasteiger partial charge in [-0.05, 0) is 31.2 Å². The number of aryl methyl sites for hydroxylation is 1. The minimum Gasteiger partial charge on any atom is -0.495 e. The normalized spacial score (nSPS) is 10.6. The van der Waals surface area contributed by atoms with Crippen LogP contribution in [0, 0.1) is 0 Å². The molecular formula is C14H15ClN2O3. The molecular weight excluding hydrogens is 280 g/mol. The first-order valence-electron chi connectivity index (χ1n) is 6.16. The van der Waals surface area contributed by atoms with E-state index in [9.17, 15) is 9.90 Å². The Balaban J connectivity index is 2.57. The SMILES string of the molecule is CCn1nc(-c2ccc(OC)c(Cl)c2)cc(CO)c1=O. The molecule has 0 radical (unpaired) electrons. The second-order valence-electron chi connectivity index (χ2n) is 4.18. The van der Waals surface area contributed by atoms with Gasteiger partial charge in [0.25, 0.3) is 5.56 Å². The summed E-state index contributed by atoms with van der Waals surface area (Å²) in [5, 5.41) is 14.0. The van der Waals surface area contributed by atoms with Crippen LogP contribution in [0.25, 0.3) is 11.3 Å². The maximum atomic E-state index is 11.9. The van der Waals surface area contributed by atoms with Crippen LogP contribution in [0.15, 0.2) is 29.1 Å². The smallest absolute Gasteiger partial charge is 0.272 e. The zero-order chi connectivity index (χ0) is 14.7. The lowest BCUT2D eigenvalue weighted by molar-refractivity contribution is 0.278. The van der Waals surface area contributed by atoms with E-state index in [1.54, 1.807) is 31.4 Å². The Morgan fingerprint density at radius 2 is 2.15 bits per heavy atom. The maximum Gasteiger partial charge on any atom is 0.272 e. The molecule has 0 fully saturated rings. The zero-order valence-electron chi connectivity index (χ0n) is 11.3. The molecule has 2 rings (SSSR count). The van der Waals surface area contributed by atoms with Crippen LogP contribution in [0.1, 0.15) is 12.5 Å². The first-order chi connectivity index (χ1) is 9.60. The number of hydrogen-bond donors (Lipinski definition) is 1. The summed E-state index contributed by atoms with van der Waals surface area (Å²) < 4.78 is 6.42. The van der Waals surface area contributed by atoms with E-state index in [1.165, 1.54) is 4.68 Å². The van der Waals surface area contributed by atoms with Crippen molar-refractivity contribution in [1.82, 2.24) is 9.78 Å². The van der Waals surface area contributed by atoms with Gasteiger partial charge < -0.3 is 9.84 Å². The molecule has 0 saturated carbocycles. The van der Waals surface area contributed by atoms with Crippen molar-refractivity contribution < 1.29 is 9.84 Å². The van der Waals surface area contributed by atoms with Crippen LogP contribution in [0.2, 0.25) is 5.02 Å². The monoisotopic (exact) mass is 294 g/mol. The fraction of sp³-hybridized carbons (Fsp3) is 0.286. The average molecular weight is 295 g/mol. The lowest BCUT2D eigenvalue weighted by Gasteiger charge is -2.09. The lowest BCUT2D eigenvalue weighted by Crippen LogP contribution is -2.26. The van der Waals surface area contributed by atoms with Crippen molar-refractivity contribution in [2.24, 2.45) is 0 Å². The van der Waals surface area contributed by atoms with Crippen LogP contribution >= 0.6 is 11.6 Å². The summed E-state index contributed by atoms with van der Waals surface area (Å²) >= 11 is 6.09. The highest BCUT2D eigenvalue weighted by molar-refractivity contribution is 6.32. The predicted molar refractivity (Wildman–Crippen MR) is 77.1 cm³/mol. The van der Waals surface area contributed by atoms with Gasteiger partial charge in [-0.3, -0.25) is 4.79 Å². The van der Waals surface area contributed by atoms with Gasteiger partial charge >= 0.3 is 0 Å². The van der Waals surface area contributed by atoms with Gasteiger partial charge in [0, 0.05) is 17.7 Å². The van der Waals surface area contributed by atoms with Gasteiger partial charge in [-0.1, -0.05) is 11.6 Å². The van der Waals surface area contributed by atoms with Crippen molar-refractivity contribution >= 4 is 11.6 Å². The van der Waals surface area contributed by atoms with E-state index in [4.69, 9.17) is 16.3 Å². The molecule has 0 atom stereocenters. The maximum absolute atomic E-state index is 11.9. The van der Waals surface area contributed by atoms with E-state index < -0.39 is 0 Å². The van der Waals surface area contributed by atoms with E-state index >= 15 is 0 Å². The van der Waals surface area contributed by atoms with Crippen molar-refractivity contribution in [2.45, 2.75) is 20.1 Å². The number of nitrogens with zero attached hydrogens (tertiary/aromatic N) is 2. The summed E-state index contributed by atoms with van der Waals surface area (Å²) in [6.07, 6.45) is 0. The second-order valence-corrected chi connectivity index (χ2v) is 4.59. The van der Waals surface area contributed by atoms with Gasteiger partial charge in [0.15, 0.2) is 0 Å². The van der Waals surface area contributed by atoms with Crippen molar-refractivity contribution in [1.29, 1.82) is 0 Å². The summed E-state index contributed by atoms with van der Waals surface area (Å²) in [5.74, 6) is 0.571. The van der Waals surface area contributed by atoms with Crippen molar-refractivity contribution in [3.8, 4) is 17.0 Å². The highest BCUT2D eigenvalue weighted by Crippen LogP contribution is 2.29. The Kier molecular flexibility index (Phi) is 4.42. The van der Waals surface area contributed by atoms with Crippen molar-refractivity contribution in [2.75, 3.05) is 7.11 Å². The zero-order valence-corrected chi connectivity index (χ0v) is 12.0. The summed E-state index contributed by atoms with van der Waals surface area (Å²) in [6.45, 7) is 1.93. The molecule has 5 nitrogen and oxygen atoms in total. The molecule has 0 amide bonds. The molecule has 106 valence electrons. The van der Waals surface area contributed by atoms with Gasteiger partial charge in [-0.2, -0.15) is 5.10 Å². The van der Waals surface area contributed by atoms with Gasteiger partial charge in [0.1, 0.15) is 5.75 Å².